The Hall–Kier alpha value is -4.14. The first-order valence-electron chi connectivity index (χ1n) is 11.8. The molecule has 0 atom stereocenters. The summed E-state index contributed by atoms with van der Waals surface area (Å²) < 4.78 is 0. The summed E-state index contributed by atoms with van der Waals surface area (Å²) in [6.45, 7) is 0. The largest absolute Gasteiger partial charge is 0.285 e. The number of rotatable bonds is 6. The number of hydrogen-bond acceptors (Lipinski definition) is 6. The second kappa shape index (κ2) is 9.49. The lowest BCUT2D eigenvalue weighted by atomic mass is 9.99. The second-order valence-electron chi connectivity index (χ2n) is 9.41. The number of nitrogens with zero attached hydrogens (tertiary/aromatic N) is 4. The Morgan fingerprint density at radius 1 is 0.639 bits per heavy atom. The van der Waals surface area contributed by atoms with Gasteiger partial charge < -0.3 is 0 Å². The number of aliphatic imine (C=N–C) groups is 2. The Kier molecular flexibility index (Phi) is 6.22. The van der Waals surface area contributed by atoms with Crippen LogP contribution in [-0.4, -0.2) is 61.4 Å². The molecule has 2 aliphatic heterocycles. The number of fused-ring (bicyclic) bond motifs is 2. The SMILES string of the molecule is CN(C)NC(=O)c1ccc2c(c1)CC(c1ccc(C3=Nc4ccc(C(=O)NN(C)C)cc4C3)cc1)=N2. The van der Waals surface area contributed by atoms with Gasteiger partial charge >= 0.3 is 0 Å². The van der Waals surface area contributed by atoms with Crippen LogP contribution in [0, 0.1) is 0 Å². The molecule has 0 saturated heterocycles. The summed E-state index contributed by atoms with van der Waals surface area (Å²) >= 11 is 0. The minimum Gasteiger partial charge on any atom is -0.285 e. The molecule has 0 aliphatic carbocycles. The van der Waals surface area contributed by atoms with Crippen LogP contribution in [0.2, 0.25) is 0 Å². The summed E-state index contributed by atoms with van der Waals surface area (Å²) in [5, 5.41) is 3.26. The first-order chi connectivity index (χ1) is 17.3. The van der Waals surface area contributed by atoms with E-state index in [-0.39, 0.29) is 11.8 Å². The number of carbonyl (C=O) groups excluding carboxylic acids is 2. The molecule has 0 radical (unpaired) electrons. The molecule has 0 bridgehead atoms. The van der Waals surface area contributed by atoms with E-state index in [0.717, 1.165) is 45.1 Å². The molecule has 2 heterocycles. The van der Waals surface area contributed by atoms with Crippen molar-refractivity contribution in [2.24, 2.45) is 9.98 Å². The van der Waals surface area contributed by atoms with Crippen LogP contribution in [0.3, 0.4) is 0 Å². The van der Waals surface area contributed by atoms with Crippen molar-refractivity contribution in [3.63, 3.8) is 0 Å². The monoisotopic (exact) mass is 480 g/mol. The Morgan fingerprint density at radius 2 is 1.03 bits per heavy atom. The summed E-state index contributed by atoms with van der Waals surface area (Å²) in [6, 6.07) is 19.5. The zero-order valence-corrected chi connectivity index (χ0v) is 20.8. The van der Waals surface area contributed by atoms with E-state index in [1.54, 1.807) is 50.3 Å². The van der Waals surface area contributed by atoms with Crippen molar-refractivity contribution in [1.29, 1.82) is 0 Å². The predicted octanol–water partition coefficient (Wildman–Crippen LogP) is 3.45. The van der Waals surface area contributed by atoms with E-state index in [4.69, 9.17) is 9.98 Å². The van der Waals surface area contributed by atoms with E-state index in [1.807, 2.05) is 24.3 Å². The number of carbonyl (C=O) groups is 2. The Morgan fingerprint density at radius 3 is 1.39 bits per heavy atom. The van der Waals surface area contributed by atoms with E-state index in [2.05, 4.69) is 35.1 Å². The van der Waals surface area contributed by atoms with Crippen LogP contribution in [0.25, 0.3) is 0 Å². The molecular weight excluding hydrogens is 452 g/mol. The first kappa shape index (κ1) is 23.6. The van der Waals surface area contributed by atoms with Gasteiger partial charge in [-0.25, -0.2) is 10.0 Å². The van der Waals surface area contributed by atoms with E-state index < -0.39 is 0 Å². The van der Waals surface area contributed by atoms with Gasteiger partial charge in [0, 0.05) is 52.2 Å². The van der Waals surface area contributed by atoms with Crippen molar-refractivity contribution in [2.75, 3.05) is 28.2 Å². The third-order valence-electron chi connectivity index (χ3n) is 6.11. The zero-order chi connectivity index (χ0) is 25.4. The van der Waals surface area contributed by atoms with Crippen LogP contribution >= 0.6 is 0 Å². The lowest BCUT2D eigenvalue weighted by molar-refractivity contribution is 0.0848. The Bertz CT molecular complexity index is 1310. The van der Waals surface area contributed by atoms with Gasteiger partial charge in [-0.1, -0.05) is 24.3 Å². The minimum atomic E-state index is -0.135. The molecule has 2 N–H and O–H groups in total. The van der Waals surface area contributed by atoms with Crippen LogP contribution in [0.5, 0.6) is 0 Å². The van der Waals surface area contributed by atoms with Gasteiger partial charge in [0.2, 0.25) is 0 Å². The molecule has 0 spiro atoms. The molecule has 0 saturated carbocycles. The quantitative estimate of drug-likeness (QED) is 0.529. The molecule has 182 valence electrons. The lowest BCUT2D eigenvalue weighted by Crippen LogP contribution is -2.36. The minimum absolute atomic E-state index is 0.135. The first-order valence-corrected chi connectivity index (χ1v) is 11.8. The fourth-order valence-electron chi connectivity index (χ4n) is 4.41. The third kappa shape index (κ3) is 4.82. The molecule has 8 heteroatoms. The molecule has 2 amide bonds. The maximum atomic E-state index is 12.3. The summed E-state index contributed by atoms with van der Waals surface area (Å²) in [4.78, 5) is 34.2. The zero-order valence-electron chi connectivity index (χ0n) is 20.8. The Balaban J connectivity index is 1.28. The second-order valence-corrected chi connectivity index (χ2v) is 9.41. The van der Waals surface area contributed by atoms with Gasteiger partial charge in [0.1, 0.15) is 0 Å². The maximum absolute atomic E-state index is 12.3. The number of amides is 2. The normalized spacial score (nSPS) is 13.8. The highest BCUT2D eigenvalue weighted by Crippen LogP contribution is 2.32. The molecule has 8 nitrogen and oxygen atoms in total. The van der Waals surface area contributed by atoms with Crippen molar-refractivity contribution in [1.82, 2.24) is 20.9 Å². The van der Waals surface area contributed by atoms with Crippen molar-refractivity contribution < 1.29 is 9.59 Å². The number of benzene rings is 3. The fraction of sp³-hybridized carbons (Fsp3) is 0.214. The van der Waals surface area contributed by atoms with Crippen LogP contribution in [0.1, 0.15) is 43.0 Å². The summed E-state index contributed by atoms with van der Waals surface area (Å²) in [5.74, 6) is -0.270. The van der Waals surface area contributed by atoms with Gasteiger partial charge in [0.25, 0.3) is 11.8 Å². The Labute approximate surface area is 210 Å². The summed E-state index contributed by atoms with van der Waals surface area (Å²) in [7, 11) is 7.14. The number of hydrogen-bond donors (Lipinski definition) is 2. The third-order valence-corrected chi connectivity index (χ3v) is 6.11. The van der Waals surface area contributed by atoms with Crippen LogP contribution in [-0.2, 0) is 12.8 Å². The summed E-state index contributed by atoms with van der Waals surface area (Å²) in [6.07, 6.45) is 1.36. The van der Waals surface area contributed by atoms with Crippen molar-refractivity contribution in [2.45, 2.75) is 12.8 Å². The van der Waals surface area contributed by atoms with Crippen LogP contribution in [0.15, 0.2) is 70.6 Å². The molecule has 3 aromatic rings. The van der Waals surface area contributed by atoms with E-state index >= 15 is 0 Å². The maximum Gasteiger partial charge on any atom is 0.265 e. The highest BCUT2D eigenvalue weighted by molar-refractivity contribution is 6.10. The van der Waals surface area contributed by atoms with E-state index in [1.165, 1.54) is 0 Å². The van der Waals surface area contributed by atoms with Gasteiger partial charge in [-0.2, -0.15) is 0 Å². The molecule has 0 unspecified atom stereocenters. The molecule has 0 fully saturated rings. The van der Waals surface area contributed by atoms with E-state index in [0.29, 0.717) is 24.0 Å². The molecule has 5 rings (SSSR count). The summed E-state index contributed by atoms with van der Waals surface area (Å²) in [5.41, 5.74) is 14.7. The highest BCUT2D eigenvalue weighted by Gasteiger charge is 2.21. The molecule has 36 heavy (non-hydrogen) atoms. The number of nitrogens with one attached hydrogen (secondary N) is 2. The van der Waals surface area contributed by atoms with Gasteiger partial charge in [0.15, 0.2) is 0 Å². The lowest BCUT2D eigenvalue weighted by Gasteiger charge is -2.12. The van der Waals surface area contributed by atoms with Crippen LogP contribution < -0.4 is 10.9 Å². The van der Waals surface area contributed by atoms with Gasteiger partial charge in [0.05, 0.1) is 22.8 Å². The smallest absolute Gasteiger partial charge is 0.265 e. The average Bonchev–Trinajstić information content (AvgIpc) is 3.46. The van der Waals surface area contributed by atoms with Crippen molar-refractivity contribution in [3.8, 4) is 0 Å². The number of hydrazine groups is 2. The van der Waals surface area contributed by atoms with Crippen LogP contribution in [0.4, 0.5) is 11.4 Å². The molecule has 3 aromatic carbocycles. The van der Waals surface area contributed by atoms with Crippen molar-refractivity contribution >= 4 is 34.6 Å². The average molecular weight is 481 g/mol. The van der Waals surface area contributed by atoms with Gasteiger partial charge in [-0.3, -0.25) is 30.4 Å². The standard InChI is InChI=1S/C28H28N6O2/c1-33(2)31-27(35)19-9-11-23-21(13-19)15-25(29-23)17-5-7-18(8-6-17)26-16-22-14-20(10-12-24(22)30-26)28(36)32-34(3)4/h5-14H,15-16H2,1-4H3,(H,31,35)(H,32,36). The predicted molar refractivity (Wildman–Crippen MR) is 141 cm³/mol. The molecular formula is C28H28N6O2. The molecule has 0 aromatic heterocycles. The molecule has 2 aliphatic rings. The van der Waals surface area contributed by atoms with Gasteiger partial charge in [-0.15, -0.1) is 0 Å². The fourth-order valence-corrected chi connectivity index (χ4v) is 4.41. The highest BCUT2D eigenvalue weighted by atomic mass is 16.2. The topological polar surface area (TPSA) is 89.4 Å². The van der Waals surface area contributed by atoms with Gasteiger partial charge in [-0.05, 0) is 58.7 Å². The van der Waals surface area contributed by atoms with Crippen molar-refractivity contribution in [3.05, 3.63) is 94.0 Å². The van der Waals surface area contributed by atoms with E-state index in [9.17, 15) is 9.59 Å².